The van der Waals surface area contributed by atoms with Crippen molar-refractivity contribution in [3.63, 3.8) is 0 Å². The molecule has 14 heavy (non-hydrogen) atoms. The molecule has 1 amide bonds. The number of nitrogens with one attached hydrogen (secondary N) is 1. The molecule has 0 fully saturated rings. The quantitative estimate of drug-likeness (QED) is 0.772. The third kappa shape index (κ3) is 3.42. The molecular formula is C11H15NOS. The Morgan fingerprint density at radius 3 is 2.79 bits per heavy atom. The maximum atomic E-state index is 10.9. The molecule has 3 heteroatoms. The number of hydrogen-bond donors (Lipinski definition) is 1. The fourth-order valence-corrected chi connectivity index (χ4v) is 1.97. The molecule has 0 spiro atoms. The van der Waals surface area contributed by atoms with E-state index in [0.717, 1.165) is 22.8 Å². The van der Waals surface area contributed by atoms with Crippen LogP contribution in [0, 0.1) is 0 Å². The topological polar surface area (TPSA) is 29.1 Å². The van der Waals surface area contributed by atoms with Gasteiger partial charge in [-0.3, -0.25) is 4.79 Å². The first-order valence-electron chi connectivity index (χ1n) is 4.73. The van der Waals surface area contributed by atoms with Gasteiger partial charge in [-0.25, -0.2) is 0 Å². The standard InChI is InChI=1S/C11H15NOS/c1-3-8-14-11-7-5-4-6-10(11)12-9(2)13/h4-7H,3,8H2,1-2H3,(H,12,13). The van der Waals surface area contributed by atoms with Crippen molar-refractivity contribution in [3.05, 3.63) is 24.3 Å². The predicted octanol–water partition coefficient (Wildman–Crippen LogP) is 3.15. The smallest absolute Gasteiger partial charge is 0.221 e. The first-order chi connectivity index (χ1) is 6.74. The summed E-state index contributed by atoms with van der Waals surface area (Å²) in [6, 6.07) is 7.88. The van der Waals surface area contributed by atoms with Crippen molar-refractivity contribution in [2.75, 3.05) is 11.1 Å². The van der Waals surface area contributed by atoms with Crippen molar-refractivity contribution in [2.45, 2.75) is 25.2 Å². The van der Waals surface area contributed by atoms with Crippen LogP contribution < -0.4 is 5.32 Å². The Labute approximate surface area is 89.1 Å². The lowest BCUT2D eigenvalue weighted by Crippen LogP contribution is -2.06. The summed E-state index contributed by atoms with van der Waals surface area (Å²) in [6.07, 6.45) is 1.14. The second-order valence-corrected chi connectivity index (χ2v) is 4.16. The molecule has 0 aliphatic heterocycles. The molecule has 0 saturated heterocycles. The van der Waals surface area contributed by atoms with Gasteiger partial charge in [0.25, 0.3) is 0 Å². The minimum atomic E-state index is -0.0189. The van der Waals surface area contributed by atoms with E-state index in [0.29, 0.717) is 0 Å². The molecule has 0 saturated carbocycles. The van der Waals surface area contributed by atoms with Crippen LogP contribution in [-0.2, 0) is 4.79 Å². The Bertz CT molecular complexity index is 312. The Morgan fingerprint density at radius 2 is 2.14 bits per heavy atom. The summed E-state index contributed by atoms with van der Waals surface area (Å²) in [4.78, 5) is 12.1. The van der Waals surface area contributed by atoms with Crippen LogP contribution in [0.5, 0.6) is 0 Å². The molecule has 0 aliphatic carbocycles. The van der Waals surface area contributed by atoms with E-state index in [1.807, 2.05) is 24.3 Å². The largest absolute Gasteiger partial charge is 0.325 e. The summed E-state index contributed by atoms with van der Waals surface area (Å²) in [5, 5.41) is 2.82. The summed E-state index contributed by atoms with van der Waals surface area (Å²) in [5.41, 5.74) is 0.915. The molecule has 1 aromatic carbocycles. The first-order valence-corrected chi connectivity index (χ1v) is 5.72. The molecule has 0 aromatic heterocycles. The highest BCUT2D eigenvalue weighted by Crippen LogP contribution is 2.27. The van der Waals surface area contributed by atoms with Crippen LogP contribution in [-0.4, -0.2) is 11.7 Å². The zero-order chi connectivity index (χ0) is 10.4. The molecule has 0 unspecified atom stereocenters. The summed E-state index contributed by atoms with van der Waals surface area (Å²) in [7, 11) is 0. The van der Waals surface area contributed by atoms with Crippen LogP contribution in [0.2, 0.25) is 0 Å². The number of para-hydroxylation sites is 1. The van der Waals surface area contributed by atoms with Gasteiger partial charge >= 0.3 is 0 Å². The number of hydrogen-bond acceptors (Lipinski definition) is 2. The Kier molecular flexibility index (Phi) is 4.53. The predicted molar refractivity (Wildman–Crippen MR) is 61.8 cm³/mol. The van der Waals surface area contributed by atoms with Gasteiger partial charge in [0.15, 0.2) is 0 Å². The van der Waals surface area contributed by atoms with Gasteiger partial charge in [0.1, 0.15) is 0 Å². The number of amides is 1. The summed E-state index contributed by atoms with van der Waals surface area (Å²) in [6.45, 7) is 3.68. The second kappa shape index (κ2) is 5.70. The number of carbonyl (C=O) groups excluding carboxylic acids is 1. The normalized spacial score (nSPS) is 9.86. The molecule has 0 heterocycles. The van der Waals surface area contributed by atoms with Gasteiger partial charge in [-0.05, 0) is 24.3 Å². The zero-order valence-corrected chi connectivity index (χ0v) is 9.36. The van der Waals surface area contributed by atoms with Crippen LogP contribution in [0.3, 0.4) is 0 Å². The van der Waals surface area contributed by atoms with Gasteiger partial charge in [0.2, 0.25) is 5.91 Å². The Morgan fingerprint density at radius 1 is 1.43 bits per heavy atom. The van der Waals surface area contributed by atoms with E-state index in [-0.39, 0.29) is 5.91 Å². The number of rotatable bonds is 4. The maximum absolute atomic E-state index is 10.9. The van der Waals surface area contributed by atoms with Crippen LogP contribution in [0.25, 0.3) is 0 Å². The molecule has 76 valence electrons. The number of benzene rings is 1. The molecular weight excluding hydrogens is 194 g/mol. The van der Waals surface area contributed by atoms with Gasteiger partial charge < -0.3 is 5.32 Å². The van der Waals surface area contributed by atoms with Gasteiger partial charge in [-0.15, -0.1) is 11.8 Å². The fourth-order valence-electron chi connectivity index (χ4n) is 1.10. The van der Waals surface area contributed by atoms with Crippen LogP contribution >= 0.6 is 11.8 Å². The molecule has 0 radical (unpaired) electrons. The molecule has 2 nitrogen and oxygen atoms in total. The van der Waals surface area contributed by atoms with Crippen molar-refractivity contribution in [3.8, 4) is 0 Å². The average Bonchev–Trinajstić information content (AvgIpc) is 2.16. The molecule has 0 bridgehead atoms. The van der Waals surface area contributed by atoms with Crippen molar-refractivity contribution < 1.29 is 4.79 Å². The Hall–Kier alpha value is -0.960. The van der Waals surface area contributed by atoms with Crippen molar-refractivity contribution >= 4 is 23.4 Å². The fraction of sp³-hybridized carbons (Fsp3) is 0.364. The van der Waals surface area contributed by atoms with Gasteiger partial charge in [0, 0.05) is 11.8 Å². The van der Waals surface area contributed by atoms with E-state index in [1.54, 1.807) is 11.8 Å². The minimum absolute atomic E-state index is 0.0189. The zero-order valence-electron chi connectivity index (χ0n) is 8.54. The molecule has 1 aromatic rings. The van der Waals surface area contributed by atoms with E-state index in [9.17, 15) is 4.79 Å². The van der Waals surface area contributed by atoms with E-state index in [1.165, 1.54) is 6.92 Å². The third-order valence-electron chi connectivity index (χ3n) is 1.66. The summed E-state index contributed by atoms with van der Waals surface area (Å²) < 4.78 is 0. The highest BCUT2D eigenvalue weighted by molar-refractivity contribution is 7.99. The lowest BCUT2D eigenvalue weighted by molar-refractivity contribution is -0.114. The highest BCUT2D eigenvalue weighted by atomic mass is 32.2. The van der Waals surface area contributed by atoms with Crippen LogP contribution in [0.1, 0.15) is 20.3 Å². The van der Waals surface area contributed by atoms with Gasteiger partial charge in [0.05, 0.1) is 5.69 Å². The third-order valence-corrected chi connectivity index (χ3v) is 2.94. The highest BCUT2D eigenvalue weighted by Gasteiger charge is 2.02. The van der Waals surface area contributed by atoms with E-state index >= 15 is 0 Å². The van der Waals surface area contributed by atoms with E-state index < -0.39 is 0 Å². The van der Waals surface area contributed by atoms with Crippen molar-refractivity contribution in [1.29, 1.82) is 0 Å². The lowest BCUT2D eigenvalue weighted by Gasteiger charge is -2.08. The Balaban J connectivity index is 2.74. The van der Waals surface area contributed by atoms with Gasteiger partial charge in [-0.1, -0.05) is 19.1 Å². The number of anilines is 1. The van der Waals surface area contributed by atoms with Crippen molar-refractivity contribution in [2.24, 2.45) is 0 Å². The van der Waals surface area contributed by atoms with Crippen molar-refractivity contribution in [1.82, 2.24) is 0 Å². The average molecular weight is 209 g/mol. The maximum Gasteiger partial charge on any atom is 0.221 e. The molecule has 1 rings (SSSR count). The lowest BCUT2D eigenvalue weighted by atomic mass is 10.3. The molecule has 1 N–H and O–H groups in total. The molecule has 0 atom stereocenters. The molecule has 0 aliphatic rings. The second-order valence-electron chi connectivity index (χ2n) is 3.03. The minimum Gasteiger partial charge on any atom is -0.325 e. The summed E-state index contributed by atoms with van der Waals surface area (Å²) >= 11 is 1.77. The van der Waals surface area contributed by atoms with E-state index in [2.05, 4.69) is 12.2 Å². The van der Waals surface area contributed by atoms with Crippen LogP contribution in [0.15, 0.2) is 29.2 Å². The monoisotopic (exact) mass is 209 g/mol. The SMILES string of the molecule is CCCSc1ccccc1NC(C)=O. The first kappa shape index (κ1) is 11.1. The summed E-state index contributed by atoms with van der Waals surface area (Å²) in [5.74, 6) is 1.06. The van der Waals surface area contributed by atoms with Crippen LogP contribution in [0.4, 0.5) is 5.69 Å². The number of thioether (sulfide) groups is 1. The van der Waals surface area contributed by atoms with Gasteiger partial charge in [-0.2, -0.15) is 0 Å². The number of carbonyl (C=O) groups is 1. The van der Waals surface area contributed by atoms with E-state index in [4.69, 9.17) is 0 Å².